The smallest absolute Gasteiger partial charge is 0.272 e. The number of benzene rings is 1. The van der Waals surface area contributed by atoms with Crippen molar-refractivity contribution in [3.63, 3.8) is 0 Å². The number of rotatable bonds is 2. The SMILES string of the molecule is COc1ccc(Br)cc1-c1nc2nnc(C)n2[nH]1. The molecule has 18 heavy (non-hydrogen) atoms. The molecule has 0 radical (unpaired) electrons. The maximum atomic E-state index is 5.33. The minimum absolute atomic E-state index is 0.546. The van der Waals surface area contributed by atoms with E-state index in [-0.39, 0.29) is 0 Å². The molecule has 0 aliphatic carbocycles. The van der Waals surface area contributed by atoms with Gasteiger partial charge in [0.1, 0.15) is 5.75 Å². The molecule has 92 valence electrons. The van der Waals surface area contributed by atoms with Crippen LogP contribution in [0.4, 0.5) is 0 Å². The number of halogens is 1. The zero-order valence-corrected chi connectivity index (χ0v) is 11.4. The summed E-state index contributed by atoms with van der Waals surface area (Å²) in [5.74, 6) is 2.75. The molecule has 7 heteroatoms. The fourth-order valence-electron chi connectivity index (χ4n) is 1.77. The molecular weight excluding hydrogens is 298 g/mol. The highest BCUT2D eigenvalue weighted by molar-refractivity contribution is 9.10. The Morgan fingerprint density at radius 3 is 2.89 bits per heavy atom. The van der Waals surface area contributed by atoms with Gasteiger partial charge in [0, 0.05) is 4.47 Å². The van der Waals surface area contributed by atoms with Gasteiger partial charge in [-0.25, -0.2) is 4.52 Å². The first-order valence-corrected chi connectivity index (χ1v) is 6.10. The average molecular weight is 308 g/mol. The Hall–Kier alpha value is -1.89. The average Bonchev–Trinajstić information content (AvgIpc) is 2.92. The molecule has 6 nitrogen and oxygen atoms in total. The zero-order chi connectivity index (χ0) is 12.7. The number of aromatic amines is 1. The third kappa shape index (κ3) is 1.67. The lowest BCUT2D eigenvalue weighted by Crippen LogP contribution is -1.92. The molecule has 0 amide bonds. The molecule has 2 heterocycles. The van der Waals surface area contributed by atoms with Crippen LogP contribution in [0.5, 0.6) is 5.75 Å². The Bertz CT molecular complexity index is 717. The molecular formula is C11H10BrN5O. The molecule has 0 saturated heterocycles. The van der Waals surface area contributed by atoms with Crippen molar-refractivity contribution in [1.82, 2.24) is 24.8 Å². The molecule has 1 aromatic carbocycles. The number of nitrogens with zero attached hydrogens (tertiary/aromatic N) is 4. The monoisotopic (exact) mass is 307 g/mol. The molecule has 2 aromatic heterocycles. The number of aromatic nitrogens is 5. The molecule has 0 spiro atoms. The number of hydrogen-bond donors (Lipinski definition) is 1. The Kier molecular flexibility index (Phi) is 2.55. The number of aryl methyl sites for hydroxylation is 1. The van der Waals surface area contributed by atoms with Crippen LogP contribution < -0.4 is 4.74 Å². The number of hydrogen-bond acceptors (Lipinski definition) is 4. The number of H-pyrrole nitrogens is 1. The first-order valence-electron chi connectivity index (χ1n) is 5.30. The fourth-order valence-corrected chi connectivity index (χ4v) is 2.13. The topological polar surface area (TPSA) is 68.1 Å². The van der Waals surface area contributed by atoms with Crippen molar-refractivity contribution in [2.45, 2.75) is 6.92 Å². The second-order valence-electron chi connectivity index (χ2n) is 3.80. The molecule has 3 rings (SSSR count). The van der Waals surface area contributed by atoms with Crippen LogP contribution in [0, 0.1) is 6.92 Å². The van der Waals surface area contributed by atoms with E-state index in [4.69, 9.17) is 4.74 Å². The maximum absolute atomic E-state index is 5.33. The summed E-state index contributed by atoms with van der Waals surface area (Å²) in [7, 11) is 1.63. The zero-order valence-electron chi connectivity index (χ0n) is 9.81. The number of fused-ring (bicyclic) bond motifs is 1. The minimum atomic E-state index is 0.546. The Balaban J connectivity index is 2.21. The summed E-state index contributed by atoms with van der Waals surface area (Å²) >= 11 is 3.44. The molecule has 3 aromatic rings. The van der Waals surface area contributed by atoms with Gasteiger partial charge in [-0.1, -0.05) is 15.9 Å². The molecule has 0 unspecified atom stereocenters. The highest BCUT2D eigenvalue weighted by Crippen LogP contribution is 2.30. The van der Waals surface area contributed by atoms with Gasteiger partial charge in [-0.3, -0.25) is 5.10 Å². The molecule has 0 atom stereocenters. The van der Waals surface area contributed by atoms with Crippen molar-refractivity contribution in [1.29, 1.82) is 0 Å². The van der Waals surface area contributed by atoms with Crippen molar-refractivity contribution in [2.24, 2.45) is 0 Å². The van der Waals surface area contributed by atoms with E-state index >= 15 is 0 Å². The largest absolute Gasteiger partial charge is 0.496 e. The van der Waals surface area contributed by atoms with Crippen LogP contribution in [0.15, 0.2) is 22.7 Å². The maximum Gasteiger partial charge on any atom is 0.272 e. The summed E-state index contributed by atoms with van der Waals surface area (Å²) in [5.41, 5.74) is 0.872. The van der Waals surface area contributed by atoms with Crippen molar-refractivity contribution in [3.8, 4) is 17.1 Å². The molecule has 0 fully saturated rings. The summed E-state index contributed by atoms with van der Waals surface area (Å²) in [6.07, 6.45) is 0. The van der Waals surface area contributed by atoms with E-state index < -0.39 is 0 Å². The Labute approximate surface area is 111 Å². The number of nitrogens with one attached hydrogen (secondary N) is 1. The van der Waals surface area contributed by atoms with E-state index in [0.717, 1.165) is 21.6 Å². The van der Waals surface area contributed by atoms with Gasteiger partial charge in [-0.05, 0) is 25.1 Å². The third-order valence-electron chi connectivity index (χ3n) is 2.65. The van der Waals surface area contributed by atoms with Gasteiger partial charge in [0.25, 0.3) is 5.78 Å². The van der Waals surface area contributed by atoms with Crippen molar-refractivity contribution < 1.29 is 4.74 Å². The Morgan fingerprint density at radius 2 is 2.17 bits per heavy atom. The first-order chi connectivity index (χ1) is 8.69. The summed E-state index contributed by atoms with van der Waals surface area (Å²) in [6.45, 7) is 1.86. The molecule has 1 N–H and O–H groups in total. The van der Waals surface area contributed by atoms with Crippen molar-refractivity contribution in [3.05, 3.63) is 28.5 Å². The van der Waals surface area contributed by atoms with E-state index in [1.807, 2.05) is 25.1 Å². The van der Waals surface area contributed by atoms with E-state index in [1.165, 1.54) is 0 Å². The summed E-state index contributed by atoms with van der Waals surface area (Å²) < 4.78 is 8.02. The molecule has 0 aliphatic heterocycles. The lowest BCUT2D eigenvalue weighted by atomic mass is 10.2. The minimum Gasteiger partial charge on any atom is -0.496 e. The second kappa shape index (κ2) is 4.09. The van der Waals surface area contributed by atoms with Crippen LogP contribution in [-0.2, 0) is 0 Å². The first kappa shape index (κ1) is 11.2. The van der Waals surface area contributed by atoms with Gasteiger partial charge >= 0.3 is 0 Å². The van der Waals surface area contributed by atoms with E-state index in [0.29, 0.717) is 11.6 Å². The highest BCUT2D eigenvalue weighted by atomic mass is 79.9. The molecule has 0 aliphatic rings. The van der Waals surface area contributed by atoms with E-state index in [9.17, 15) is 0 Å². The quantitative estimate of drug-likeness (QED) is 0.788. The van der Waals surface area contributed by atoms with Gasteiger partial charge < -0.3 is 4.74 Å². The van der Waals surface area contributed by atoms with Crippen LogP contribution in [-0.4, -0.2) is 31.9 Å². The van der Waals surface area contributed by atoms with Crippen molar-refractivity contribution >= 4 is 21.7 Å². The van der Waals surface area contributed by atoms with E-state index in [1.54, 1.807) is 11.6 Å². The van der Waals surface area contributed by atoms with Gasteiger partial charge in [-0.15, -0.1) is 10.2 Å². The van der Waals surface area contributed by atoms with Gasteiger partial charge in [0.2, 0.25) is 0 Å². The fraction of sp³-hybridized carbons (Fsp3) is 0.182. The highest BCUT2D eigenvalue weighted by Gasteiger charge is 2.13. The van der Waals surface area contributed by atoms with Crippen molar-refractivity contribution in [2.75, 3.05) is 7.11 Å². The van der Waals surface area contributed by atoms with Gasteiger partial charge in [0.05, 0.1) is 12.7 Å². The van der Waals surface area contributed by atoms with Crippen LogP contribution in [0.3, 0.4) is 0 Å². The predicted molar refractivity (Wildman–Crippen MR) is 69.6 cm³/mol. The number of methoxy groups -OCH3 is 1. The van der Waals surface area contributed by atoms with Crippen LogP contribution in [0.1, 0.15) is 5.82 Å². The lowest BCUT2D eigenvalue weighted by molar-refractivity contribution is 0.416. The molecule has 0 saturated carbocycles. The van der Waals surface area contributed by atoms with E-state index in [2.05, 4.69) is 36.2 Å². The third-order valence-corrected chi connectivity index (χ3v) is 3.15. The second-order valence-corrected chi connectivity index (χ2v) is 4.72. The van der Waals surface area contributed by atoms with Gasteiger partial charge in [-0.2, -0.15) is 4.98 Å². The van der Waals surface area contributed by atoms with Gasteiger partial charge in [0.15, 0.2) is 11.6 Å². The molecule has 0 bridgehead atoms. The van der Waals surface area contributed by atoms with Crippen LogP contribution >= 0.6 is 15.9 Å². The van der Waals surface area contributed by atoms with Crippen LogP contribution in [0.2, 0.25) is 0 Å². The van der Waals surface area contributed by atoms with Crippen LogP contribution in [0.25, 0.3) is 17.2 Å². The Morgan fingerprint density at radius 1 is 1.33 bits per heavy atom. The number of ether oxygens (including phenoxy) is 1. The lowest BCUT2D eigenvalue weighted by Gasteiger charge is -2.05. The summed E-state index contributed by atoms with van der Waals surface area (Å²) in [4.78, 5) is 4.39. The normalized spacial score (nSPS) is 11.1. The standard InChI is InChI=1S/C11H10BrN5O/c1-6-14-15-11-13-10(16-17(6)11)8-5-7(12)3-4-9(8)18-2/h3-5H,1-2H3,(H,13,15,16). The summed E-state index contributed by atoms with van der Waals surface area (Å²) in [5, 5.41) is 11.0. The summed E-state index contributed by atoms with van der Waals surface area (Å²) in [6, 6.07) is 5.75. The predicted octanol–water partition coefficient (Wildman–Crippen LogP) is 2.20.